The molecule has 1 fully saturated rings. The van der Waals surface area contributed by atoms with E-state index in [9.17, 15) is 9.18 Å². The highest BCUT2D eigenvalue weighted by molar-refractivity contribution is 9.10. The second kappa shape index (κ2) is 6.90. The number of rotatable bonds is 2. The van der Waals surface area contributed by atoms with E-state index in [4.69, 9.17) is 4.74 Å². The van der Waals surface area contributed by atoms with Crippen LogP contribution in [0.5, 0.6) is 0 Å². The zero-order valence-electron chi connectivity index (χ0n) is 14.6. The van der Waals surface area contributed by atoms with Gasteiger partial charge in [0, 0.05) is 25.7 Å². The molecule has 8 heteroatoms. The molecule has 1 aliphatic heterocycles. The fraction of sp³-hybridized carbons (Fsp3) is 0.588. The van der Waals surface area contributed by atoms with Crippen molar-refractivity contribution in [3.63, 3.8) is 0 Å². The predicted octanol–water partition coefficient (Wildman–Crippen LogP) is 3.98. The van der Waals surface area contributed by atoms with Gasteiger partial charge in [-0.2, -0.15) is 0 Å². The molecule has 0 spiro atoms. The van der Waals surface area contributed by atoms with E-state index < -0.39 is 5.60 Å². The Bertz CT molecular complexity index is 779. The first-order chi connectivity index (χ1) is 11.7. The standard InChI is InChI=1S/C17H22BrFN4O2/c1-17(2,3)25-16(24)22-6-4-11(5-7-22)10-23-15-8-12(18)13(19)9-14(15)20-21-23/h8-9,11H,4-7,10H2,1-3H3. The lowest BCUT2D eigenvalue weighted by Crippen LogP contribution is -2.42. The Morgan fingerprint density at radius 1 is 1.36 bits per heavy atom. The monoisotopic (exact) mass is 412 g/mol. The number of hydrogen-bond donors (Lipinski definition) is 0. The van der Waals surface area contributed by atoms with Gasteiger partial charge in [0.15, 0.2) is 0 Å². The van der Waals surface area contributed by atoms with Crippen molar-refractivity contribution in [2.24, 2.45) is 5.92 Å². The van der Waals surface area contributed by atoms with Crippen molar-refractivity contribution >= 4 is 33.1 Å². The predicted molar refractivity (Wildman–Crippen MR) is 95.7 cm³/mol. The summed E-state index contributed by atoms with van der Waals surface area (Å²) < 4.78 is 21.2. The first-order valence-electron chi connectivity index (χ1n) is 8.39. The minimum absolute atomic E-state index is 0.253. The summed E-state index contributed by atoms with van der Waals surface area (Å²) in [6.45, 7) is 7.66. The van der Waals surface area contributed by atoms with Gasteiger partial charge in [0.2, 0.25) is 0 Å². The van der Waals surface area contributed by atoms with Crippen LogP contribution in [0.25, 0.3) is 11.0 Å². The number of fused-ring (bicyclic) bond motifs is 1. The number of carbonyl (C=O) groups excluding carboxylic acids is 1. The number of aromatic nitrogens is 3. The average molecular weight is 413 g/mol. The molecule has 1 aromatic heterocycles. The van der Waals surface area contributed by atoms with E-state index in [2.05, 4.69) is 26.2 Å². The van der Waals surface area contributed by atoms with Crippen LogP contribution >= 0.6 is 15.9 Å². The number of hydrogen-bond acceptors (Lipinski definition) is 4. The molecule has 1 aromatic carbocycles. The van der Waals surface area contributed by atoms with Crippen molar-refractivity contribution in [1.82, 2.24) is 19.9 Å². The third-order valence-electron chi connectivity index (χ3n) is 4.25. The van der Waals surface area contributed by atoms with E-state index >= 15 is 0 Å². The molecule has 0 unspecified atom stereocenters. The van der Waals surface area contributed by atoms with Crippen molar-refractivity contribution in [3.8, 4) is 0 Å². The van der Waals surface area contributed by atoms with Crippen molar-refractivity contribution in [2.45, 2.75) is 45.8 Å². The van der Waals surface area contributed by atoms with Gasteiger partial charge in [-0.15, -0.1) is 5.10 Å². The van der Waals surface area contributed by atoms with Gasteiger partial charge in [-0.05, 0) is 61.5 Å². The molecule has 0 N–H and O–H groups in total. The van der Waals surface area contributed by atoms with Crippen LogP contribution in [0.2, 0.25) is 0 Å². The van der Waals surface area contributed by atoms with Crippen molar-refractivity contribution in [3.05, 3.63) is 22.4 Å². The summed E-state index contributed by atoms with van der Waals surface area (Å²) in [5.74, 6) is 0.0534. The topological polar surface area (TPSA) is 60.2 Å². The van der Waals surface area contributed by atoms with Crippen molar-refractivity contribution < 1.29 is 13.9 Å². The molecule has 1 saturated heterocycles. The Hall–Kier alpha value is -1.70. The van der Waals surface area contributed by atoms with E-state index in [0.29, 0.717) is 35.5 Å². The van der Waals surface area contributed by atoms with Gasteiger partial charge in [0.25, 0.3) is 0 Å². The van der Waals surface area contributed by atoms with Crippen molar-refractivity contribution in [2.75, 3.05) is 13.1 Å². The highest BCUT2D eigenvalue weighted by Gasteiger charge is 2.27. The molecule has 136 valence electrons. The first-order valence-corrected chi connectivity index (χ1v) is 9.18. The molecular formula is C17H22BrFN4O2. The average Bonchev–Trinajstić information content (AvgIpc) is 2.89. The summed E-state index contributed by atoms with van der Waals surface area (Å²) in [7, 11) is 0. The Morgan fingerprint density at radius 3 is 2.68 bits per heavy atom. The van der Waals surface area contributed by atoms with E-state index in [0.717, 1.165) is 18.4 Å². The lowest BCUT2D eigenvalue weighted by Gasteiger charge is -2.33. The summed E-state index contributed by atoms with van der Waals surface area (Å²) in [6, 6.07) is 3.09. The van der Waals surface area contributed by atoms with Crippen LogP contribution in [0.3, 0.4) is 0 Å². The van der Waals surface area contributed by atoms with Crippen LogP contribution in [0.1, 0.15) is 33.6 Å². The van der Waals surface area contributed by atoms with Gasteiger partial charge in [-0.1, -0.05) is 5.21 Å². The van der Waals surface area contributed by atoms with Gasteiger partial charge < -0.3 is 9.64 Å². The molecule has 1 aliphatic rings. The second-order valence-corrected chi connectivity index (χ2v) is 8.29. The minimum atomic E-state index is -0.476. The van der Waals surface area contributed by atoms with E-state index in [-0.39, 0.29) is 11.9 Å². The Balaban J connectivity index is 1.61. The van der Waals surface area contributed by atoms with Gasteiger partial charge in [0.1, 0.15) is 16.9 Å². The maximum Gasteiger partial charge on any atom is 0.410 e. The SMILES string of the molecule is CC(C)(C)OC(=O)N1CCC(Cn2nnc3cc(F)c(Br)cc32)CC1. The smallest absolute Gasteiger partial charge is 0.410 e. The van der Waals surface area contributed by atoms with Crippen LogP contribution in [-0.2, 0) is 11.3 Å². The molecule has 0 bridgehead atoms. The maximum absolute atomic E-state index is 13.6. The Labute approximate surface area is 154 Å². The number of piperidine rings is 1. The Morgan fingerprint density at radius 2 is 2.04 bits per heavy atom. The van der Waals surface area contributed by atoms with E-state index in [1.54, 1.807) is 11.0 Å². The van der Waals surface area contributed by atoms with E-state index in [1.807, 2.05) is 25.5 Å². The third kappa shape index (κ3) is 4.29. The number of carbonyl (C=O) groups is 1. The summed E-state index contributed by atoms with van der Waals surface area (Å²) in [4.78, 5) is 13.9. The quantitative estimate of drug-likeness (QED) is 0.748. The van der Waals surface area contributed by atoms with Gasteiger partial charge >= 0.3 is 6.09 Å². The summed E-state index contributed by atoms with van der Waals surface area (Å²) in [5.41, 5.74) is 0.880. The molecule has 2 aromatic rings. The molecule has 2 heterocycles. The zero-order chi connectivity index (χ0) is 18.2. The van der Waals surface area contributed by atoms with Crippen LogP contribution in [-0.4, -0.2) is 44.7 Å². The molecule has 1 amide bonds. The van der Waals surface area contributed by atoms with Crippen LogP contribution in [0, 0.1) is 11.7 Å². The fourth-order valence-corrected chi connectivity index (χ4v) is 3.30. The minimum Gasteiger partial charge on any atom is -0.444 e. The maximum atomic E-state index is 13.6. The van der Waals surface area contributed by atoms with Crippen LogP contribution < -0.4 is 0 Å². The van der Waals surface area contributed by atoms with Crippen molar-refractivity contribution in [1.29, 1.82) is 0 Å². The normalized spacial score (nSPS) is 16.4. The molecule has 0 radical (unpaired) electrons. The molecule has 0 aliphatic carbocycles. The Kier molecular flexibility index (Phi) is 4.99. The third-order valence-corrected chi connectivity index (χ3v) is 4.86. The number of amides is 1. The number of halogens is 2. The number of nitrogens with zero attached hydrogens (tertiary/aromatic N) is 4. The largest absolute Gasteiger partial charge is 0.444 e. The van der Waals surface area contributed by atoms with Gasteiger partial charge in [-0.3, -0.25) is 0 Å². The number of benzene rings is 1. The lowest BCUT2D eigenvalue weighted by molar-refractivity contribution is 0.0177. The molecule has 0 atom stereocenters. The summed E-state index contributed by atoms with van der Waals surface area (Å²) >= 11 is 3.21. The van der Waals surface area contributed by atoms with Crippen LogP contribution in [0.15, 0.2) is 16.6 Å². The lowest BCUT2D eigenvalue weighted by atomic mass is 9.97. The molecule has 3 rings (SSSR count). The zero-order valence-corrected chi connectivity index (χ0v) is 16.2. The second-order valence-electron chi connectivity index (χ2n) is 7.44. The highest BCUT2D eigenvalue weighted by atomic mass is 79.9. The molecule has 0 saturated carbocycles. The number of likely N-dealkylation sites (tertiary alicyclic amines) is 1. The fourth-order valence-electron chi connectivity index (χ4n) is 2.97. The highest BCUT2D eigenvalue weighted by Crippen LogP contribution is 2.25. The summed E-state index contributed by atoms with van der Waals surface area (Å²) in [6.07, 6.45) is 1.50. The molecule has 25 heavy (non-hydrogen) atoms. The van der Waals surface area contributed by atoms with Gasteiger partial charge in [-0.25, -0.2) is 13.9 Å². The number of ether oxygens (including phenoxy) is 1. The first kappa shape index (κ1) is 18.1. The van der Waals surface area contributed by atoms with Crippen LogP contribution in [0.4, 0.5) is 9.18 Å². The van der Waals surface area contributed by atoms with Gasteiger partial charge in [0.05, 0.1) is 9.99 Å². The molecular weight excluding hydrogens is 391 g/mol. The summed E-state index contributed by atoms with van der Waals surface area (Å²) in [5, 5.41) is 8.19. The molecule has 6 nitrogen and oxygen atoms in total. The van der Waals surface area contributed by atoms with E-state index in [1.165, 1.54) is 6.07 Å².